The minimum atomic E-state index is -1.07. The zero-order valence-electron chi connectivity index (χ0n) is 18.0. The van der Waals surface area contributed by atoms with Crippen LogP contribution in [0, 0.1) is 0 Å². The van der Waals surface area contributed by atoms with E-state index in [-0.39, 0.29) is 12.3 Å². The summed E-state index contributed by atoms with van der Waals surface area (Å²) in [4.78, 5) is 24.5. The van der Waals surface area contributed by atoms with Gasteiger partial charge in [-0.15, -0.1) is 0 Å². The van der Waals surface area contributed by atoms with Crippen LogP contribution in [0.1, 0.15) is 11.1 Å². The molecule has 2 N–H and O–H groups in total. The first-order chi connectivity index (χ1) is 16.0. The second-order valence-corrected chi connectivity index (χ2v) is 8.69. The van der Waals surface area contributed by atoms with Crippen molar-refractivity contribution < 1.29 is 14.7 Å². The largest absolute Gasteiger partial charge is 0.480 e. The molecule has 33 heavy (non-hydrogen) atoms. The number of benzene rings is 4. The second-order valence-electron chi connectivity index (χ2n) is 8.07. The SMILES string of the molecule is O=C(N[C@@H](Cc1ccc(-c2ccccc2)cc1)C(=O)O)[C@H](S)Cc1ccc2ccccc2c1. The zero-order valence-corrected chi connectivity index (χ0v) is 18.9. The highest BCUT2D eigenvalue weighted by molar-refractivity contribution is 7.81. The summed E-state index contributed by atoms with van der Waals surface area (Å²) in [5, 5.41) is 13.9. The normalized spacial score (nSPS) is 12.8. The van der Waals surface area contributed by atoms with Crippen LogP contribution in [0.5, 0.6) is 0 Å². The van der Waals surface area contributed by atoms with Crippen LogP contribution in [-0.2, 0) is 22.4 Å². The van der Waals surface area contributed by atoms with Gasteiger partial charge in [-0.25, -0.2) is 4.79 Å². The van der Waals surface area contributed by atoms with Gasteiger partial charge in [0.1, 0.15) is 6.04 Å². The number of carbonyl (C=O) groups excluding carboxylic acids is 1. The van der Waals surface area contributed by atoms with Crippen molar-refractivity contribution in [2.75, 3.05) is 0 Å². The summed E-state index contributed by atoms with van der Waals surface area (Å²) in [6.07, 6.45) is 0.616. The number of nitrogens with one attached hydrogen (secondary N) is 1. The first kappa shape index (κ1) is 22.6. The summed E-state index contributed by atoms with van der Waals surface area (Å²) in [5.74, 6) is -1.46. The van der Waals surface area contributed by atoms with E-state index in [1.165, 1.54) is 0 Å². The molecule has 0 saturated heterocycles. The van der Waals surface area contributed by atoms with Gasteiger partial charge in [-0.3, -0.25) is 4.79 Å². The molecule has 0 spiro atoms. The van der Waals surface area contributed by atoms with E-state index in [4.69, 9.17) is 0 Å². The monoisotopic (exact) mass is 455 g/mol. The van der Waals surface area contributed by atoms with Gasteiger partial charge in [0, 0.05) is 6.42 Å². The Labute approximate surface area is 198 Å². The Kier molecular flexibility index (Phi) is 7.10. The summed E-state index contributed by atoms with van der Waals surface area (Å²) in [6, 6.07) is 30.7. The summed E-state index contributed by atoms with van der Waals surface area (Å²) >= 11 is 4.45. The van der Waals surface area contributed by atoms with Crippen molar-refractivity contribution in [3.8, 4) is 11.1 Å². The Hall–Kier alpha value is -3.57. The van der Waals surface area contributed by atoms with Crippen LogP contribution in [-0.4, -0.2) is 28.3 Å². The molecule has 2 atom stereocenters. The van der Waals surface area contributed by atoms with Crippen molar-refractivity contribution in [3.63, 3.8) is 0 Å². The fourth-order valence-corrected chi connectivity index (χ4v) is 4.13. The molecule has 0 aromatic heterocycles. The quantitative estimate of drug-likeness (QED) is 0.322. The number of rotatable bonds is 8. The first-order valence-electron chi connectivity index (χ1n) is 10.8. The lowest BCUT2D eigenvalue weighted by Crippen LogP contribution is -2.45. The van der Waals surface area contributed by atoms with E-state index in [2.05, 4.69) is 17.9 Å². The van der Waals surface area contributed by atoms with Crippen molar-refractivity contribution in [1.29, 1.82) is 0 Å². The van der Waals surface area contributed by atoms with E-state index in [0.29, 0.717) is 6.42 Å². The third-order valence-corrected chi connectivity index (χ3v) is 6.08. The average molecular weight is 456 g/mol. The van der Waals surface area contributed by atoms with Crippen LogP contribution in [0.25, 0.3) is 21.9 Å². The van der Waals surface area contributed by atoms with Gasteiger partial charge in [0.05, 0.1) is 5.25 Å². The number of amides is 1. The first-order valence-corrected chi connectivity index (χ1v) is 11.3. The van der Waals surface area contributed by atoms with Gasteiger partial charge >= 0.3 is 5.97 Å². The van der Waals surface area contributed by atoms with Gasteiger partial charge in [-0.05, 0) is 39.4 Å². The molecule has 0 unspecified atom stereocenters. The van der Waals surface area contributed by atoms with Crippen LogP contribution in [0.15, 0.2) is 97.1 Å². The second kappa shape index (κ2) is 10.4. The van der Waals surface area contributed by atoms with E-state index >= 15 is 0 Å². The number of carboxylic acid groups (broad SMARTS) is 1. The molecule has 0 aliphatic carbocycles. The van der Waals surface area contributed by atoms with E-state index in [1.807, 2.05) is 97.1 Å². The molecule has 0 radical (unpaired) electrons. The molecule has 0 saturated carbocycles. The average Bonchev–Trinajstić information content (AvgIpc) is 2.84. The molecule has 4 aromatic carbocycles. The Morgan fingerprint density at radius 2 is 1.33 bits per heavy atom. The molecular formula is C28H25NO3S. The van der Waals surface area contributed by atoms with Crippen molar-refractivity contribution in [2.45, 2.75) is 24.1 Å². The van der Waals surface area contributed by atoms with Crippen LogP contribution in [0.4, 0.5) is 0 Å². The van der Waals surface area contributed by atoms with Gasteiger partial charge < -0.3 is 10.4 Å². The fourth-order valence-electron chi connectivity index (χ4n) is 3.85. The van der Waals surface area contributed by atoms with Crippen molar-refractivity contribution in [2.24, 2.45) is 0 Å². The molecule has 0 heterocycles. The summed E-state index contributed by atoms with van der Waals surface area (Å²) in [7, 11) is 0. The molecule has 4 rings (SSSR count). The predicted octanol–water partition coefficient (Wildman–Crippen LogP) is 5.16. The fraction of sp³-hybridized carbons (Fsp3) is 0.143. The Morgan fingerprint density at radius 3 is 2.03 bits per heavy atom. The standard InChI is InChI=1S/C28H25NO3S/c30-27(26(33)18-20-12-15-22-8-4-5-9-24(22)16-20)29-25(28(31)32)17-19-10-13-23(14-11-19)21-6-2-1-3-7-21/h1-16,25-26,33H,17-18H2,(H,29,30)(H,31,32)/t25-,26+/m0/s1. The Balaban J connectivity index is 1.39. The van der Waals surface area contributed by atoms with Gasteiger partial charge in [0.25, 0.3) is 0 Å². The minimum Gasteiger partial charge on any atom is -0.480 e. The molecule has 166 valence electrons. The van der Waals surface area contributed by atoms with Gasteiger partial charge in [-0.2, -0.15) is 12.6 Å². The smallest absolute Gasteiger partial charge is 0.326 e. The Morgan fingerprint density at radius 1 is 0.727 bits per heavy atom. The number of hydrogen-bond acceptors (Lipinski definition) is 3. The number of thiol groups is 1. The highest BCUT2D eigenvalue weighted by Gasteiger charge is 2.24. The van der Waals surface area contributed by atoms with Crippen LogP contribution in [0.2, 0.25) is 0 Å². The number of carboxylic acids is 1. The molecule has 0 bridgehead atoms. The maximum Gasteiger partial charge on any atom is 0.326 e. The summed E-state index contributed by atoms with van der Waals surface area (Å²) in [5.41, 5.74) is 3.97. The number of carbonyl (C=O) groups is 2. The lowest BCUT2D eigenvalue weighted by molar-refractivity contribution is -0.141. The molecule has 4 nitrogen and oxygen atoms in total. The number of fused-ring (bicyclic) bond motifs is 1. The molecule has 0 aliphatic heterocycles. The van der Waals surface area contributed by atoms with E-state index < -0.39 is 17.3 Å². The van der Waals surface area contributed by atoms with Gasteiger partial charge in [0.2, 0.25) is 5.91 Å². The maximum absolute atomic E-state index is 12.7. The van der Waals surface area contributed by atoms with E-state index in [9.17, 15) is 14.7 Å². The number of hydrogen-bond donors (Lipinski definition) is 3. The van der Waals surface area contributed by atoms with Crippen molar-refractivity contribution in [3.05, 3.63) is 108 Å². The number of aliphatic carboxylic acids is 1. The lowest BCUT2D eigenvalue weighted by Gasteiger charge is -2.18. The molecule has 4 aromatic rings. The van der Waals surface area contributed by atoms with Crippen molar-refractivity contribution in [1.82, 2.24) is 5.32 Å². The third kappa shape index (κ3) is 5.82. The summed E-state index contributed by atoms with van der Waals surface area (Å²) < 4.78 is 0. The van der Waals surface area contributed by atoms with Crippen LogP contribution in [0.3, 0.4) is 0 Å². The highest BCUT2D eigenvalue weighted by Crippen LogP contribution is 2.20. The minimum absolute atomic E-state index is 0.201. The summed E-state index contributed by atoms with van der Waals surface area (Å²) in [6.45, 7) is 0. The van der Waals surface area contributed by atoms with Crippen LogP contribution >= 0.6 is 12.6 Å². The van der Waals surface area contributed by atoms with Gasteiger partial charge in [-0.1, -0.05) is 97.1 Å². The van der Waals surface area contributed by atoms with Crippen molar-refractivity contribution >= 4 is 35.3 Å². The molecule has 0 aliphatic rings. The topological polar surface area (TPSA) is 66.4 Å². The van der Waals surface area contributed by atoms with E-state index in [0.717, 1.165) is 33.0 Å². The molecule has 1 amide bonds. The molecular weight excluding hydrogens is 430 g/mol. The van der Waals surface area contributed by atoms with Gasteiger partial charge in [0.15, 0.2) is 0 Å². The molecule has 0 fully saturated rings. The van der Waals surface area contributed by atoms with Crippen LogP contribution < -0.4 is 5.32 Å². The van der Waals surface area contributed by atoms with E-state index in [1.54, 1.807) is 0 Å². The predicted molar refractivity (Wildman–Crippen MR) is 136 cm³/mol. The Bertz CT molecular complexity index is 1260. The zero-order chi connectivity index (χ0) is 23.2. The molecule has 5 heteroatoms. The highest BCUT2D eigenvalue weighted by atomic mass is 32.1. The third-order valence-electron chi connectivity index (χ3n) is 5.66. The maximum atomic E-state index is 12.7. The lowest BCUT2D eigenvalue weighted by atomic mass is 10.0.